The Morgan fingerprint density at radius 3 is 2.33 bits per heavy atom. The van der Waals surface area contributed by atoms with E-state index in [1.54, 1.807) is 11.3 Å². The molecule has 2 rings (SSSR count). The maximum absolute atomic E-state index is 13.6. The van der Waals surface area contributed by atoms with Gasteiger partial charge in [-0.1, -0.05) is 22.0 Å². The van der Waals surface area contributed by atoms with Gasteiger partial charge in [-0.2, -0.15) is 0 Å². The van der Waals surface area contributed by atoms with Gasteiger partial charge in [-0.15, -0.1) is 11.3 Å². The number of hydrogen-bond acceptors (Lipinski definition) is 1. The van der Waals surface area contributed by atoms with E-state index in [1.165, 1.54) is 28.0 Å². The monoisotopic (exact) mass is 330 g/mol. The van der Waals surface area contributed by atoms with Gasteiger partial charge in [0, 0.05) is 20.1 Å². The molecule has 0 nitrogen and oxygen atoms in total. The lowest BCUT2D eigenvalue weighted by Gasteiger charge is -2.11. The highest BCUT2D eigenvalue weighted by Crippen LogP contribution is 2.35. The molecule has 0 fully saturated rings. The molecular formula is C14H13BrF2S. The molecule has 96 valence electrons. The van der Waals surface area contributed by atoms with Gasteiger partial charge < -0.3 is 0 Å². The Balaban J connectivity index is 2.26. The van der Waals surface area contributed by atoms with Crippen molar-refractivity contribution in [2.75, 3.05) is 0 Å². The second kappa shape index (κ2) is 5.49. The van der Waals surface area contributed by atoms with Crippen LogP contribution < -0.4 is 0 Å². The third-order valence-electron chi connectivity index (χ3n) is 2.86. The molecule has 1 aromatic carbocycles. The van der Waals surface area contributed by atoms with E-state index in [9.17, 15) is 8.78 Å². The lowest BCUT2D eigenvalue weighted by molar-refractivity contribution is 0.554. The number of hydrogen-bond donors (Lipinski definition) is 0. The first-order valence-corrected chi connectivity index (χ1v) is 7.36. The lowest BCUT2D eigenvalue weighted by Crippen LogP contribution is -2.01. The van der Waals surface area contributed by atoms with Crippen LogP contribution in [-0.4, -0.2) is 0 Å². The minimum Gasteiger partial charge on any atom is -0.207 e. The zero-order chi connectivity index (χ0) is 13.3. The van der Waals surface area contributed by atoms with Crippen molar-refractivity contribution in [3.05, 3.63) is 56.8 Å². The third-order valence-corrected chi connectivity index (χ3v) is 4.66. The second-order valence-corrected chi connectivity index (χ2v) is 6.81. The second-order valence-electron chi connectivity index (χ2n) is 4.24. The average molecular weight is 331 g/mol. The van der Waals surface area contributed by atoms with Gasteiger partial charge in [0.2, 0.25) is 0 Å². The molecule has 4 heteroatoms. The standard InChI is InChI=1S/C14H13BrF2S/c1-8-6-10(9(2)18-8)12(15)7-11-13(16)4-3-5-14(11)17/h3-6,12H,7H2,1-2H3. The summed E-state index contributed by atoms with van der Waals surface area (Å²) in [6, 6.07) is 6.04. The summed E-state index contributed by atoms with van der Waals surface area (Å²) in [6.45, 7) is 4.06. The first-order chi connectivity index (χ1) is 8.49. The zero-order valence-electron chi connectivity index (χ0n) is 10.1. The van der Waals surface area contributed by atoms with Crippen molar-refractivity contribution in [3.8, 4) is 0 Å². The van der Waals surface area contributed by atoms with E-state index in [1.807, 2.05) is 13.8 Å². The Bertz CT molecular complexity index is 543. The molecule has 0 radical (unpaired) electrons. The van der Waals surface area contributed by atoms with Gasteiger partial charge in [0.25, 0.3) is 0 Å². The van der Waals surface area contributed by atoms with Gasteiger partial charge in [0.1, 0.15) is 11.6 Å². The van der Waals surface area contributed by atoms with Crippen LogP contribution in [-0.2, 0) is 6.42 Å². The predicted octanol–water partition coefficient (Wildman–Crippen LogP) is 5.32. The fourth-order valence-corrected chi connectivity index (χ4v) is 3.92. The predicted molar refractivity (Wildman–Crippen MR) is 75.5 cm³/mol. The minimum atomic E-state index is -0.482. The van der Waals surface area contributed by atoms with Crippen LogP contribution in [0.15, 0.2) is 24.3 Å². The molecule has 1 atom stereocenters. The number of rotatable bonds is 3. The Labute approximate surface area is 118 Å². The van der Waals surface area contributed by atoms with E-state index >= 15 is 0 Å². The summed E-state index contributed by atoms with van der Waals surface area (Å²) in [5.41, 5.74) is 1.25. The van der Waals surface area contributed by atoms with Crippen LogP contribution in [0.2, 0.25) is 0 Å². The molecule has 0 saturated heterocycles. The Kier molecular flexibility index (Phi) is 4.17. The molecule has 0 aliphatic rings. The first-order valence-electron chi connectivity index (χ1n) is 5.63. The number of thiophene rings is 1. The van der Waals surface area contributed by atoms with E-state index in [2.05, 4.69) is 22.0 Å². The van der Waals surface area contributed by atoms with Crippen LogP contribution >= 0.6 is 27.3 Å². The van der Waals surface area contributed by atoms with E-state index in [0.717, 1.165) is 5.56 Å². The van der Waals surface area contributed by atoms with Crippen LogP contribution in [0.5, 0.6) is 0 Å². The van der Waals surface area contributed by atoms with Crippen molar-refractivity contribution in [1.29, 1.82) is 0 Å². The summed E-state index contributed by atoms with van der Waals surface area (Å²) in [5, 5.41) is 0. The summed E-state index contributed by atoms with van der Waals surface area (Å²) in [6.07, 6.45) is 0.315. The summed E-state index contributed by atoms with van der Waals surface area (Å²) >= 11 is 5.23. The fourth-order valence-electron chi connectivity index (χ4n) is 1.98. The van der Waals surface area contributed by atoms with E-state index in [4.69, 9.17) is 0 Å². The van der Waals surface area contributed by atoms with Crippen molar-refractivity contribution in [1.82, 2.24) is 0 Å². The Morgan fingerprint density at radius 1 is 1.22 bits per heavy atom. The zero-order valence-corrected chi connectivity index (χ0v) is 12.5. The van der Waals surface area contributed by atoms with Crippen molar-refractivity contribution in [2.24, 2.45) is 0 Å². The fraction of sp³-hybridized carbons (Fsp3) is 0.286. The third kappa shape index (κ3) is 2.81. The van der Waals surface area contributed by atoms with Gasteiger partial charge in [-0.3, -0.25) is 0 Å². The van der Waals surface area contributed by atoms with E-state index in [-0.39, 0.29) is 10.4 Å². The van der Waals surface area contributed by atoms with Crippen LogP contribution in [0, 0.1) is 25.5 Å². The molecule has 18 heavy (non-hydrogen) atoms. The SMILES string of the molecule is Cc1cc(C(Br)Cc2c(F)cccc2F)c(C)s1. The van der Waals surface area contributed by atoms with Crippen molar-refractivity contribution >= 4 is 27.3 Å². The smallest absolute Gasteiger partial charge is 0.129 e. The van der Waals surface area contributed by atoms with Gasteiger partial charge in [0.15, 0.2) is 0 Å². The maximum atomic E-state index is 13.6. The van der Waals surface area contributed by atoms with Crippen LogP contribution in [0.1, 0.15) is 25.7 Å². The molecule has 0 aliphatic heterocycles. The number of aryl methyl sites for hydroxylation is 2. The molecule has 2 aromatic rings. The number of benzene rings is 1. The summed E-state index contributed by atoms with van der Waals surface area (Å²) in [7, 11) is 0. The highest BCUT2D eigenvalue weighted by molar-refractivity contribution is 9.09. The summed E-state index contributed by atoms with van der Waals surface area (Å²) in [5.74, 6) is -0.965. The maximum Gasteiger partial charge on any atom is 0.129 e. The van der Waals surface area contributed by atoms with Crippen molar-refractivity contribution in [3.63, 3.8) is 0 Å². The highest BCUT2D eigenvalue weighted by atomic mass is 79.9. The molecule has 1 aromatic heterocycles. The summed E-state index contributed by atoms with van der Waals surface area (Å²) < 4.78 is 27.1. The average Bonchev–Trinajstić information content (AvgIpc) is 2.63. The highest BCUT2D eigenvalue weighted by Gasteiger charge is 2.17. The number of alkyl halides is 1. The molecular weight excluding hydrogens is 318 g/mol. The first kappa shape index (κ1) is 13.7. The van der Waals surface area contributed by atoms with Gasteiger partial charge in [0.05, 0.1) is 0 Å². The quantitative estimate of drug-likeness (QED) is 0.668. The van der Waals surface area contributed by atoms with E-state index < -0.39 is 11.6 Å². The van der Waals surface area contributed by atoms with Crippen molar-refractivity contribution < 1.29 is 8.78 Å². The molecule has 1 heterocycles. The van der Waals surface area contributed by atoms with Crippen LogP contribution in [0.4, 0.5) is 8.78 Å². The Morgan fingerprint density at radius 2 is 1.83 bits per heavy atom. The minimum absolute atomic E-state index is 0.0613. The van der Waals surface area contributed by atoms with Gasteiger partial charge in [-0.25, -0.2) is 8.78 Å². The largest absolute Gasteiger partial charge is 0.207 e. The Hall–Kier alpha value is -0.740. The van der Waals surface area contributed by atoms with Gasteiger partial charge >= 0.3 is 0 Å². The van der Waals surface area contributed by atoms with Crippen LogP contribution in [0.3, 0.4) is 0 Å². The molecule has 0 N–H and O–H groups in total. The summed E-state index contributed by atoms with van der Waals surface area (Å²) in [4.78, 5) is 2.33. The van der Waals surface area contributed by atoms with Crippen molar-refractivity contribution in [2.45, 2.75) is 25.1 Å². The molecule has 0 spiro atoms. The number of halogens is 3. The van der Waals surface area contributed by atoms with Crippen LogP contribution in [0.25, 0.3) is 0 Å². The molecule has 0 bridgehead atoms. The normalized spacial score (nSPS) is 12.7. The van der Waals surface area contributed by atoms with E-state index in [0.29, 0.717) is 6.42 Å². The lowest BCUT2D eigenvalue weighted by atomic mass is 10.0. The molecule has 0 saturated carbocycles. The molecule has 0 aliphatic carbocycles. The van der Waals surface area contributed by atoms with Gasteiger partial charge in [-0.05, 0) is 44.0 Å². The topological polar surface area (TPSA) is 0 Å². The molecule has 1 unspecified atom stereocenters. The molecule has 0 amide bonds.